The lowest BCUT2D eigenvalue weighted by atomic mass is 9.86. The normalized spacial score (nSPS) is 21.9. The molecule has 2 saturated heterocycles. The molecule has 0 unspecified atom stereocenters. The van der Waals surface area contributed by atoms with Gasteiger partial charge in [-0.05, 0) is 45.4 Å². The zero-order valence-electron chi connectivity index (χ0n) is 13.6. The molecule has 0 N–H and O–H groups in total. The molecule has 2 rings (SSSR count). The maximum atomic E-state index is 2.47. The highest BCUT2D eigenvalue weighted by atomic mass is 15.2. The second-order valence-electron chi connectivity index (χ2n) is 4.48. The summed E-state index contributed by atoms with van der Waals surface area (Å²) in [5.41, 5.74) is 0.684. The smallest absolute Gasteiger partial charge is 0.00481 e. The van der Waals surface area contributed by atoms with Crippen LogP contribution in [0.25, 0.3) is 0 Å². The molecule has 0 amide bonds. The molecule has 2 heterocycles. The van der Waals surface area contributed by atoms with Crippen molar-refractivity contribution < 1.29 is 0 Å². The Labute approximate surface area is 110 Å². The molecule has 0 atom stereocenters. The van der Waals surface area contributed by atoms with Crippen LogP contribution < -0.4 is 0 Å². The van der Waals surface area contributed by atoms with Crippen LogP contribution in [0.2, 0.25) is 0 Å². The molecule has 0 aromatic rings. The number of nitrogens with zero attached hydrogens (tertiary/aromatic N) is 2. The van der Waals surface area contributed by atoms with E-state index >= 15 is 0 Å². The second kappa shape index (κ2) is 11.0. The van der Waals surface area contributed by atoms with Gasteiger partial charge in [-0.15, -0.1) is 0 Å². The Hall–Kier alpha value is -0.0800. The van der Waals surface area contributed by atoms with Crippen LogP contribution in [0.5, 0.6) is 0 Å². The first-order valence-corrected chi connectivity index (χ1v) is 7.57. The Morgan fingerprint density at radius 1 is 0.647 bits per heavy atom. The summed E-state index contributed by atoms with van der Waals surface area (Å²) in [6.45, 7) is 17.3. The zero-order valence-corrected chi connectivity index (χ0v) is 13.6. The summed E-state index contributed by atoms with van der Waals surface area (Å²) in [5, 5.41) is 0. The maximum absolute atomic E-state index is 2.47. The molecule has 0 aliphatic carbocycles. The quantitative estimate of drug-likeness (QED) is 0.641. The summed E-state index contributed by atoms with van der Waals surface area (Å²) in [4.78, 5) is 4.94. The van der Waals surface area contributed by atoms with Gasteiger partial charge < -0.3 is 9.80 Å². The molecule has 0 bridgehead atoms. The molecule has 106 valence electrons. The summed E-state index contributed by atoms with van der Waals surface area (Å²) in [5.74, 6) is 0. The first kappa shape index (κ1) is 19.3. The van der Waals surface area contributed by atoms with Crippen LogP contribution in [-0.4, -0.2) is 50.1 Å². The third kappa shape index (κ3) is 6.42. The van der Waals surface area contributed by atoms with E-state index in [-0.39, 0.29) is 0 Å². The molecule has 2 aliphatic heterocycles. The van der Waals surface area contributed by atoms with Crippen LogP contribution >= 0.6 is 0 Å². The van der Waals surface area contributed by atoms with E-state index in [0.717, 1.165) is 0 Å². The van der Waals surface area contributed by atoms with Gasteiger partial charge >= 0.3 is 0 Å². The SMILES string of the molecule is CC.CC.CC.CN1CCC2(CCN(C)C2)C1. The molecule has 0 saturated carbocycles. The van der Waals surface area contributed by atoms with Crippen LogP contribution in [0, 0.1) is 5.41 Å². The van der Waals surface area contributed by atoms with Gasteiger partial charge in [0.05, 0.1) is 0 Å². The molecular weight excluding hydrogens is 208 g/mol. The van der Waals surface area contributed by atoms with E-state index in [1.165, 1.54) is 39.0 Å². The van der Waals surface area contributed by atoms with Crippen LogP contribution in [0.15, 0.2) is 0 Å². The lowest BCUT2D eigenvalue weighted by molar-refractivity contribution is 0.277. The van der Waals surface area contributed by atoms with E-state index in [4.69, 9.17) is 0 Å². The van der Waals surface area contributed by atoms with Crippen LogP contribution in [-0.2, 0) is 0 Å². The Morgan fingerprint density at radius 3 is 1.12 bits per heavy atom. The maximum Gasteiger partial charge on any atom is 0.00481 e. The van der Waals surface area contributed by atoms with Gasteiger partial charge in [0.25, 0.3) is 0 Å². The van der Waals surface area contributed by atoms with Crippen molar-refractivity contribution in [2.75, 3.05) is 40.3 Å². The van der Waals surface area contributed by atoms with Gasteiger partial charge in [0.1, 0.15) is 0 Å². The van der Waals surface area contributed by atoms with E-state index in [1.54, 1.807) is 0 Å². The largest absolute Gasteiger partial charge is 0.306 e. The minimum Gasteiger partial charge on any atom is -0.306 e. The number of hydrogen-bond donors (Lipinski definition) is 0. The number of hydrogen-bond acceptors (Lipinski definition) is 2. The number of likely N-dealkylation sites (tertiary alicyclic amines) is 2. The van der Waals surface area contributed by atoms with Crippen molar-refractivity contribution in [3.8, 4) is 0 Å². The highest BCUT2D eigenvalue weighted by Crippen LogP contribution is 2.37. The van der Waals surface area contributed by atoms with Gasteiger partial charge in [0, 0.05) is 13.1 Å². The minimum atomic E-state index is 0.684. The van der Waals surface area contributed by atoms with Gasteiger partial charge in [0.15, 0.2) is 0 Å². The molecule has 0 radical (unpaired) electrons. The highest BCUT2D eigenvalue weighted by molar-refractivity contribution is 4.95. The summed E-state index contributed by atoms with van der Waals surface area (Å²) < 4.78 is 0. The van der Waals surface area contributed by atoms with Crippen LogP contribution in [0.3, 0.4) is 0 Å². The van der Waals surface area contributed by atoms with Gasteiger partial charge in [-0.25, -0.2) is 0 Å². The summed E-state index contributed by atoms with van der Waals surface area (Å²) in [7, 11) is 4.49. The topological polar surface area (TPSA) is 6.48 Å². The van der Waals surface area contributed by atoms with E-state index in [0.29, 0.717) is 5.41 Å². The van der Waals surface area contributed by atoms with Crippen molar-refractivity contribution in [2.24, 2.45) is 5.41 Å². The Morgan fingerprint density at radius 2 is 0.941 bits per heavy atom. The molecule has 0 aromatic carbocycles. The summed E-state index contributed by atoms with van der Waals surface area (Å²) in [6, 6.07) is 0. The van der Waals surface area contributed by atoms with Crippen molar-refractivity contribution in [1.82, 2.24) is 9.80 Å². The Bertz CT molecular complexity index is 139. The molecular formula is C15H36N2. The van der Waals surface area contributed by atoms with E-state index < -0.39 is 0 Å². The van der Waals surface area contributed by atoms with Crippen LogP contribution in [0.1, 0.15) is 54.4 Å². The van der Waals surface area contributed by atoms with Crippen LogP contribution in [0.4, 0.5) is 0 Å². The molecule has 2 nitrogen and oxygen atoms in total. The predicted octanol–water partition coefficient (Wildman–Crippen LogP) is 3.72. The van der Waals surface area contributed by atoms with E-state index in [2.05, 4.69) is 23.9 Å². The third-order valence-corrected chi connectivity index (χ3v) is 3.26. The monoisotopic (exact) mass is 244 g/mol. The lowest BCUT2D eigenvalue weighted by Gasteiger charge is -2.22. The average molecular weight is 244 g/mol. The molecule has 2 fully saturated rings. The number of rotatable bonds is 0. The summed E-state index contributed by atoms with van der Waals surface area (Å²) in [6.07, 6.45) is 2.85. The molecule has 1 spiro atoms. The van der Waals surface area contributed by atoms with Crippen molar-refractivity contribution in [2.45, 2.75) is 54.4 Å². The Kier molecular flexibility index (Phi) is 12.5. The second-order valence-corrected chi connectivity index (χ2v) is 4.48. The molecule has 0 aromatic heterocycles. The van der Waals surface area contributed by atoms with Crippen molar-refractivity contribution in [3.05, 3.63) is 0 Å². The first-order chi connectivity index (χ1) is 8.20. The van der Waals surface area contributed by atoms with Crippen molar-refractivity contribution >= 4 is 0 Å². The first-order valence-electron chi connectivity index (χ1n) is 7.57. The van der Waals surface area contributed by atoms with Gasteiger partial charge in [0.2, 0.25) is 0 Å². The molecule has 2 aliphatic rings. The van der Waals surface area contributed by atoms with Gasteiger partial charge in [-0.1, -0.05) is 41.5 Å². The fraction of sp³-hybridized carbons (Fsp3) is 1.00. The lowest BCUT2D eigenvalue weighted by Crippen LogP contribution is -2.27. The van der Waals surface area contributed by atoms with E-state index in [1.807, 2.05) is 41.5 Å². The van der Waals surface area contributed by atoms with Crippen molar-refractivity contribution in [1.29, 1.82) is 0 Å². The fourth-order valence-corrected chi connectivity index (χ4v) is 2.65. The zero-order chi connectivity index (χ0) is 13.9. The molecule has 2 heteroatoms. The van der Waals surface area contributed by atoms with Crippen molar-refractivity contribution in [3.63, 3.8) is 0 Å². The fourth-order valence-electron chi connectivity index (χ4n) is 2.65. The highest BCUT2D eigenvalue weighted by Gasteiger charge is 2.40. The summed E-state index contributed by atoms with van der Waals surface area (Å²) >= 11 is 0. The van der Waals surface area contributed by atoms with Gasteiger partial charge in [-0.2, -0.15) is 0 Å². The molecule has 17 heavy (non-hydrogen) atoms. The average Bonchev–Trinajstić information content (AvgIpc) is 2.94. The standard InChI is InChI=1S/C9H18N2.3C2H6/c1-10-5-3-9(7-10)4-6-11(2)8-9;3*1-2/h3-8H2,1-2H3;3*1-2H3. The third-order valence-electron chi connectivity index (χ3n) is 3.26. The predicted molar refractivity (Wildman–Crippen MR) is 80.7 cm³/mol. The van der Waals surface area contributed by atoms with E-state index in [9.17, 15) is 0 Å². The minimum absolute atomic E-state index is 0.684. The Balaban J connectivity index is 0. The van der Waals surface area contributed by atoms with Gasteiger partial charge in [-0.3, -0.25) is 0 Å².